The molecule has 0 unspecified atom stereocenters. The third-order valence-electron chi connectivity index (χ3n) is 4.92. The molecule has 1 saturated heterocycles. The molecular weight excluding hydrogens is 324 g/mol. The molecule has 1 aromatic carbocycles. The number of nitrogens with one attached hydrogen (secondary N) is 1. The molecule has 1 N–H and O–H groups in total. The average molecular weight is 352 g/mol. The number of pyridine rings is 1. The largest absolute Gasteiger partial charge is 0.372 e. The Morgan fingerprint density at radius 2 is 1.77 bits per heavy atom. The van der Waals surface area contributed by atoms with Crippen LogP contribution in [0.2, 0.25) is 0 Å². The summed E-state index contributed by atoms with van der Waals surface area (Å²) in [4.78, 5) is 21.3. The van der Waals surface area contributed by atoms with Crippen LogP contribution in [0.1, 0.15) is 43.5 Å². The Kier molecular flexibility index (Phi) is 6.10. The Balaban J connectivity index is 1.69. The maximum atomic E-state index is 12.7. The molecule has 3 rings (SSSR count). The van der Waals surface area contributed by atoms with Gasteiger partial charge in [0, 0.05) is 49.3 Å². The van der Waals surface area contributed by atoms with Crippen molar-refractivity contribution in [3.8, 4) is 0 Å². The number of amides is 1. The maximum absolute atomic E-state index is 12.7. The summed E-state index contributed by atoms with van der Waals surface area (Å²) in [6, 6.07) is 12.0. The van der Waals surface area contributed by atoms with Gasteiger partial charge in [-0.25, -0.2) is 4.98 Å². The molecule has 2 heterocycles. The number of likely N-dealkylation sites (tertiary alicyclic amines) is 1. The SMILES string of the molecule is CCN(CC)c1ccc(Nc2cc(C(=O)N3CCCCC3)ccn2)cc1. The third kappa shape index (κ3) is 4.34. The van der Waals surface area contributed by atoms with Gasteiger partial charge in [-0.3, -0.25) is 4.79 Å². The molecule has 26 heavy (non-hydrogen) atoms. The van der Waals surface area contributed by atoms with E-state index < -0.39 is 0 Å². The fourth-order valence-electron chi connectivity index (χ4n) is 3.40. The van der Waals surface area contributed by atoms with E-state index in [9.17, 15) is 4.79 Å². The second-order valence-electron chi connectivity index (χ2n) is 6.63. The van der Waals surface area contributed by atoms with Crippen LogP contribution in [0.15, 0.2) is 42.6 Å². The van der Waals surface area contributed by atoms with Gasteiger partial charge in [0.25, 0.3) is 5.91 Å². The lowest BCUT2D eigenvalue weighted by Gasteiger charge is -2.26. The molecule has 1 aromatic heterocycles. The van der Waals surface area contributed by atoms with Gasteiger partial charge in [0.2, 0.25) is 0 Å². The highest BCUT2D eigenvalue weighted by Crippen LogP contribution is 2.21. The van der Waals surface area contributed by atoms with E-state index in [1.54, 1.807) is 12.3 Å². The van der Waals surface area contributed by atoms with Crippen molar-refractivity contribution in [3.63, 3.8) is 0 Å². The highest BCUT2D eigenvalue weighted by Gasteiger charge is 2.18. The van der Waals surface area contributed by atoms with E-state index in [1.165, 1.54) is 12.1 Å². The molecule has 1 amide bonds. The molecule has 5 heteroatoms. The fourth-order valence-corrected chi connectivity index (χ4v) is 3.40. The number of carbonyl (C=O) groups excluding carboxylic acids is 1. The van der Waals surface area contributed by atoms with Crippen LogP contribution >= 0.6 is 0 Å². The predicted molar refractivity (Wildman–Crippen MR) is 107 cm³/mol. The van der Waals surface area contributed by atoms with Crippen LogP contribution in [0.25, 0.3) is 0 Å². The number of piperidine rings is 1. The highest BCUT2D eigenvalue weighted by molar-refractivity contribution is 5.95. The zero-order valence-corrected chi connectivity index (χ0v) is 15.7. The predicted octanol–water partition coefficient (Wildman–Crippen LogP) is 4.30. The first-order valence-electron chi connectivity index (χ1n) is 9.58. The number of hydrogen-bond acceptors (Lipinski definition) is 4. The zero-order chi connectivity index (χ0) is 18.4. The summed E-state index contributed by atoms with van der Waals surface area (Å²) in [6.45, 7) is 8.01. The van der Waals surface area contributed by atoms with Crippen LogP contribution in [0.5, 0.6) is 0 Å². The first-order valence-corrected chi connectivity index (χ1v) is 9.58. The van der Waals surface area contributed by atoms with Gasteiger partial charge in [0.05, 0.1) is 0 Å². The number of aromatic nitrogens is 1. The van der Waals surface area contributed by atoms with Crippen LogP contribution in [-0.2, 0) is 0 Å². The molecule has 1 aliphatic heterocycles. The fraction of sp³-hybridized carbons (Fsp3) is 0.429. The lowest BCUT2D eigenvalue weighted by molar-refractivity contribution is 0.0724. The summed E-state index contributed by atoms with van der Waals surface area (Å²) in [6.07, 6.45) is 5.11. The first kappa shape index (κ1) is 18.2. The number of benzene rings is 1. The Hall–Kier alpha value is -2.56. The second kappa shape index (κ2) is 8.70. The summed E-state index contributed by atoms with van der Waals surface area (Å²) in [7, 11) is 0. The molecule has 1 aliphatic rings. The van der Waals surface area contributed by atoms with E-state index >= 15 is 0 Å². The monoisotopic (exact) mass is 352 g/mol. The molecule has 5 nitrogen and oxygen atoms in total. The van der Waals surface area contributed by atoms with Gasteiger partial charge in [-0.2, -0.15) is 0 Å². The van der Waals surface area contributed by atoms with Crippen molar-refractivity contribution >= 4 is 23.1 Å². The summed E-state index contributed by atoms with van der Waals surface area (Å²) >= 11 is 0. The van der Waals surface area contributed by atoms with Crippen molar-refractivity contribution in [1.82, 2.24) is 9.88 Å². The molecule has 0 bridgehead atoms. The van der Waals surface area contributed by atoms with E-state index in [0.29, 0.717) is 11.4 Å². The minimum atomic E-state index is 0.104. The van der Waals surface area contributed by atoms with Crippen molar-refractivity contribution in [2.24, 2.45) is 0 Å². The Labute approximate surface area is 156 Å². The Morgan fingerprint density at radius 1 is 1.08 bits per heavy atom. The third-order valence-corrected chi connectivity index (χ3v) is 4.92. The minimum Gasteiger partial charge on any atom is -0.372 e. The molecule has 2 aromatic rings. The van der Waals surface area contributed by atoms with Crippen molar-refractivity contribution in [1.29, 1.82) is 0 Å². The second-order valence-corrected chi connectivity index (χ2v) is 6.63. The van der Waals surface area contributed by atoms with E-state index in [4.69, 9.17) is 0 Å². The van der Waals surface area contributed by atoms with Crippen LogP contribution in [0.4, 0.5) is 17.2 Å². The van der Waals surface area contributed by atoms with Gasteiger partial charge in [0.1, 0.15) is 5.82 Å². The minimum absolute atomic E-state index is 0.104. The van der Waals surface area contributed by atoms with Gasteiger partial charge in [-0.15, -0.1) is 0 Å². The van der Waals surface area contributed by atoms with E-state index in [1.807, 2.05) is 11.0 Å². The molecule has 0 aliphatic carbocycles. The van der Waals surface area contributed by atoms with Gasteiger partial charge >= 0.3 is 0 Å². The van der Waals surface area contributed by atoms with Gasteiger partial charge in [-0.1, -0.05) is 0 Å². The zero-order valence-electron chi connectivity index (χ0n) is 15.7. The summed E-state index contributed by atoms with van der Waals surface area (Å²) in [5.74, 6) is 0.801. The topological polar surface area (TPSA) is 48.5 Å². The number of rotatable bonds is 6. The molecule has 0 radical (unpaired) electrons. The smallest absolute Gasteiger partial charge is 0.254 e. The first-order chi connectivity index (χ1) is 12.7. The highest BCUT2D eigenvalue weighted by atomic mass is 16.2. The Morgan fingerprint density at radius 3 is 2.42 bits per heavy atom. The van der Waals surface area contributed by atoms with Crippen LogP contribution in [-0.4, -0.2) is 42.0 Å². The molecule has 0 spiro atoms. The maximum Gasteiger partial charge on any atom is 0.254 e. The van der Waals surface area contributed by atoms with Crippen molar-refractivity contribution in [2.45, 2.75) is 33.1 Å². The summed E-state index contributed by atoms with van der Waals surface area (Å²) in [5.41, 5.74) is 2.88. The normalized spacial score (nSPS) is 14.2. The van der Waals surface area contributed by atoms with Crippen LogP contribution in [0, 0.1) is 0 Å². The molecule has 138 valence electrons. The lowest BCUT2D eigenvalue weighted by Crippen LogP contribution is -2.35. The lowest BCUT2D eigenvalue weighted by atomic mass is 10.1. The van der Waals surface area contributed by atoms with Crippen molar-refractivity contribution < 1.29 is 4.79 Å². The number of hydrogen-bond donors (Lipinski definition) is 1. The standard InChI is InChI=1S/C21H28N4O/c1-3-24(4-2)19-10-8-18(9-11-19)23-20-16-17(12-13-22-20)21(26)25-14-6-5-7-15-25/h8-13,16H,3-7,14-15H2,1-2H3,(H,22,23). The summed E-state index contributed by atoms with van der Waals surface area (Å²) in [5, 5.41) is 3.30. The van der Waals surface area contributed by atoms with E-state index in [2.05, 4.69) is 53.3 Å². The van der Waals surface area contributed by atoms with Gasteiger partial charge in [0.15, 0.2) is 0 Å². The number of carbonyl (C=O) groups is 1. The van der Waals surface area contributed by atoms with E-state index in [0.717, 1.165) is 44.7 Å². The van der Waals surface area contributed by atoms with Crippen molar-refractivity contribution in [2.75, 3.05) is 36.4 Å². The summed E-state index contributed by atoms with van der Waals surface area (Å²) < 4.78 is 0. The number of nitrogens with zero attached hydrogens (tertiary/aromatic N) is 3. The Bertz CT molecular complexity index is 719. The van der Waals surface area contributed by atoms with Crippen LogP contribution in [0.3, 0.4) is 0 Å². The molecule has 0 atom stereocenters. The van der Waals surface area contributed by atoms with E-state index in [-0.39, 0.29) is 5.91 Å². The van der Waals surface area contributed by atoms with Gasteiger partial charge in [-0.05, 0) is 69.5 Å². The molecule has 0 saturated carbocycles. The van der Waals surface area contributed by atoms with Crippen LogP contribution < -0.4 is 10.2 Å². The number of anilines is 3. The average Bonchev–Trinajstić information content (AvgIpc) is 2.70. The molecular formula is C21H28N4O. The van der Waals surface area contributed by atoms with Crippen molar-refractivity contribution in [3.05, 3.63) is 48.2 Å². The molecule has 1 fully saturated rings. The quantitative estimate of drug-likeness (QED) is 0.842. The van der Waals surface area contributed by atoms with Gasteiger partial charge < -0.3 is 15.1 Å².